The molecule has 0 bridgehead atoms. The van der Waals surface area contributed by atoms with Gasteiger partial charge in [0.1, 0.15) is 5.75 Å². The molecular formula is C15H16N4O2. The minimum absolute atomic E-state index is 0.118. The lowest BCUT2D eigenvalue weighted by Crippen LogP contribution is -2.20. The largest absolute Gasteiger partial charge is 0.507 e. The van der Waals surface area contributed by atoms with Crippen LogP contribution >= 0.6 is 0 Å². The summed E-state index contributed by atoms with van der Waals surface area (Å²) >= 11 is 0. The average Bonchev–Trinajstić information content (AvgIpc) is 2.93. The molecule has 0 saturated heterocycles. The number of aromatic hydroxyl groups is 1. The molecule has 1 amide bonds. The van der Waals surface area contributed by atoms with Crippen molar-refractivity contribution in [3.8, 4) is 5.75 Å². The highest BCUT2D eigenvalue weighted by molar-refractivity contribution is 5.95. The lowest BCUT2D eigenvalue weighted by molar-refractivity contribution is 0.0949. The smallest absolute Gasteiger partial charge is 0.292 e. The van der Waals surface area contributed by atoms with Gasteiger partial charge in [0.15, 0.2) is 5.69 Å². The van der Waals surface area contributed by atoms with E-state index < -0.39 is 0 Å². The number of nitrogens with zero attached hydrogens (tertiary/aromatic N) is 2. The Balaban J connectivity index is 1.70. The van der Waals surface area contributed by atoms with Crippen LogP contribution in [0.15, 0.2) is 29.4 Å². The van der Waals surface area contributed by atoms with Crippen molar-refractivity contribution in [2.24, 2.45) is 5.10 Å². The van der Waals surface area contributed by atoms with Crippen molar-refractivity contribution in [3.05, 3.63) is 46.8 Å². The highest BCUT2D eigenvalue weighted by atomic mass is 16.3. The number of aryl methyl sites for hydroxylation is 1. The molecule has 0 aliphatic heterocycles. The summed E-state index contributed by atoms with van der Waals surface area (Å²) in [6.45, 7) is 0. The second-order valence-electron chi connectivity index (χ2n) is 4.99. The van der Waals surface area contributed by atoms with Crippen LogP contribution in [-0.4, -0.2) is 27.4 Å². The molecule has 1 aliphatic carbocycles. The van der Waals surface area contributed by atoms with Crippen molar-refractivity contribution in [1.82, 2.24) is 15.6 Å². The van der Waals surface area contributed by atoms with Gasteiger partial charge in [-0.2, -0.15) is 10.2 Å². The zero-order chi connectivity index (χ0) is 14.7. The number of para-hydroxylation sites is 1. The highest BCUT2D eigenvalue weighted by Crippen LogP contribution is 2.21. The Hall–Kier alpha value is -2.63. The van der Waals surface area contributed by atoms with E-state index in [-0.39, 0.29) is 11.7 Å². The van der Waals surface area contributed by atoms with Crippen molar-refractivity contribution in [1.29, 1.82) is 0 Å². The van der Waals surface area contributed by atoms with E-state index in [0.29, 0.717) is 11.3 Å². The summed E-state index contributed by atoms with van der Waals surface area (Å²) < 4.78 is 0. The van der Waals surface area contributed by atoms with Crippen LogP contribution < -0.4 is 5.43 Å². The number of H-pyrrole nitrogens is 1. The molecule has 21 heavy (non-hydrogen) atoms. The summed E-state index contributed by atoms with van der Waals surface area (Å²) in [6, 6.07) is 6.78. The normalized spacial score (nSPS) is 14.1. The van der Waals surface area contributed by atoms with Crippen LogP contribution in [0.3, 0.4) is 0 Å². The number of aromatic amines is 1. The van der Waals surface area contributed by atoms with E-state index in [2.05, 4.69) is 20.7 Å². The number of amides is 1. The first-order valence-electron chi connectivity index (χ1n) is 6.93. The molecule has 6 nitrogen and oxygen atoms in total. The van der Waals surface area contributed by atoms with E-state index in [9.17, 15) is 9.90 Å². The van der Waals surface area contributed by atoms with Gasteiger partial charge in [-0.05, 0) is 37.8 Å². The molecule has 1 aliphatic rings. The third kappa shape index (κ3) is 2.79. The molecule has 1 aromatic heterocycles. The fourth-order valence-corrected chi connectivity index (χ4v) is 2.48. The van der Waals surface area contributed by atoms with E-state index in [4.69, 9.17) is 0 Å². The maximum absolute atomic E-state index is 12.1. The third-order valence-electron chi connectivity index (χ3n) is 3.58. The number of carbonyl (C=O) groups is 1. The van der Waals surface area contributed by atoms with Gasteiger partial charge < -0.3 is 5.11 Å². The summed E-state index contributed by atoms with van der Waals surface area (Å²) in [5, 5.41) is 20.5. The maximum atomic E-state index is 12.1. The number of benzene rings is 1. The molecule has 3 rings (SSSR count). The van der Waals surface area contributed by atoms with E-state index in [1.54, 1.807) is 24.3 Å². The summed E-state index contributed by atoms with van der Waals surface area (Å²) in [6.07, 6.45) is 5.43. The van der Waals surface area contributed by atoms with Crippen LogP contribution in [0.5, 0.6) is 5.75 Å². The van der Waals surface area contributed by atoms with E-state index >= 15 is 0 Å². The Morgan fingerprint density at radius 3 is 3.00 bits per heavy atom. The second-order valence-corrected chi connectivity index (χ2v) is 4.99. The maximum Gasteiger partial charge on any atom is 0.292 e. The number of nitrogens with one attached hydrogen (secondary N) is 2. The van der Waals surface area contributed by atoms with Crippen molar-refractivity contribution < 1.29 is 9.90 Å². The van der Waals surface area contributed by atoms with Gasteiger partial charge in [-0.3, -0.25) is 9.89 Å². The Morgan fingerprint density at radius 1 is 1.33 bits per heavy atom. The number of fused-ring (bicyclic) bond motifs is 1. The molecule has 1 heterocycles. The molecule has 0 fully saturated rings. The van der Waals surface area contributed by atoms with Crippen LogP contribution in [0.4, 0.5) is 0 Å². The molecule has 0 spiro atoms. The molecule has 1 aromatic carbocycles. The van der Waals surface area contributed by atoms with Crippen LogP contribution in [0.1, 0.15) is 40.2 Å². The summed E-state index contributed by atoms with van der Waals surface area (Å²) in [5.74, 6) is -0.214. The molecule has 0 radical (unpaired) electrons. The van der Waals surface area contributed by atoms with Gasteiger partial charge in [0.2, 0.25) is 0 Å². The molecule has 108 valence electrons. The average molecular weight is 284 g/mol. The quantitative estimate of drug-likeness (QED) is 0.592. The number of aromatic nitrogens is 2. The molecule has 0 saturated carbocycles. The minimum atomic E-state index is -0.332. The molecule has 3 N–H and O–H groups in total. The van der Waals surface area contributed by atoms with Crippen LogP contribution in [0.25, 0.3) is 0 Å². The Labute approximate surface area is 121 Å². The fraction of sp³-hybridized carbons (Fsp3) is 0.267. The van der Waals surface area contributed by atoms with Gasteiger partial charge in [0, 0.05) is 16.8 Å². The molecule has 0 atom stereocenters. The molecule has 2 aromatic rings. The number of hydrogen-bond acceptors (Lipinski definition) is 4. The number of carbonyl (C=O) groups excluding carboxylic acids is 1. The number of phenols is 1. The second kappa shape index (κ2) is 5.78. The first-order valence-corrected chi connectivity index (χ1v) is 6.93. The van der Waals surface area contributed by atoms with Gasteiger partial charge in [0.25, 0.3) is 5.91 Å². The molecule has 0 unspecified atom stereocenters. The van der Waals surface area contributed by atoms with Crippen LogP contribution in [0.2, 0.25) is 0 Å². The number of phenolic OH excluding ortho intramolecular Hbond substituents is 1. The monoisotopic (exact) mass is 284 g/mol. The predicted octanol–water partition coefficient (Wildman–Crippen LogP) is 1.76. The molecule has 6 heteroatoms. The van der Waals surface area contributed by atoms with Crippen molar-refractivity contribution in [3.63, 3.8) is 0 Å². The van der Waals surface area contributed by atoms with E-state index in [1.165, 1.54) is 6.21 Å². The number of hydrazone groups is 1. The zero-order valence-corrected chi connectivity index (χ0v) is 11.5. The van der Waals surface area contributed by atoms with Crippen molar-refractivity contribution in [2.45, 2.75) is 25.7 Å². The third-order valence-corrected chi connectivity index (χ3v) is 3.58. The van der Waals surface area contributed by atoms with E-state index in [0.717, 1.165) is 36.9 Å². The standard InChI is InChI=1S/C15H16N4O2/c20-13-8-4-1-5-10(13)9-16-19-15(21)14-11-6-2-3-7-12(11)17-18-14/h1,4-5,8-9,20H,2-3,6-7H2,(H,17,18)(H,19,21). The number of hydrogen-bond donors (Lipinski definition) is 3. The molecular weight excluding hydrogens is 268 g/mol. The first kappa shape index (κ1) is 13.4. The van der Waals surface area contributed by atoms with Gasteiger partial charge >= 0.3 is 0 Å². The van der Waals surface area contributed by atoms with Gasteiger partial charge in [-0.25, -0.2) is 5.43 Å². The van der Waals surface area contributed by atoms with Gasteiger partial charge in [0.05, 0.1) is 6.21 Å². The Kier molecular flexibility index (Phi) is 3.68. The lowest BCUT2D eigenvalue weighted by Gasteiger charge is -2.10. The minimum Gasteiger partial charge on any atom is -0.507 e. The van der Waals surface area contributed by atoms with E-state index in [1.807, 2.05) is 0 Å². The first-order chi connectivity index (χ1) is 10.3. The van der Waals surface area contributed by atoms with Gasteiger partial charge in [-0.15, -0.1) is 0 Å². The summed E-state index contributed by atoms with van der Waals surface area (Å²) in [4.78, 5) is 12.1. The highest BCUT2D eigenvalue weighted by Gasteiger charge is 2.21. The van der Waals surface area contributed by atoms with Gasteiger partial charge in [-0.1, -0.05) is 12.1 Å². The predicted molar refractivity (Wildman–Crippen MR) is 78.4 cm³/mol. The van der Waals surface area contributed by atoms with Crippen LogP contribution in [0, 0.1) is 0 Å². The van der Waals surface area contributed by atoms with Crippen LogP contribution in [-0.2, 0) is 12.8 Å². The summed E-state index contributed by atoms with van der Waals surface area (Å²) in [5.41, 5.74) is 5.46. The zero-order valence-electron chi connectivity index (χ0n) is 11.5. The SMILES string of the molecule is O=C(NN=Cc1ccccc1O)c1n[nH]c2c1CCCC2. The number of rotatable bonds is 3. The summed E-state index contributed by atoms with van der Waals surface area (Å²) in [7, 11) is 0. The fourth-order valence-electron chi connectivity index (χ4n) is 2.48. The van der Waals surface area contributed by atoms with Crippen molar-refractivity contribution >= 4 is 12.1 Å². The Morgan fingerprint density at radius 2 is 2.14 bits per heavy atom. The van der Waals surface area contributed by atoms with Crippen molar-refractivity contribution in [2.75, 3.05) is 0 Å². The lowest BCUT2D eigenvalue weighted by atomic mass is 9.96. The Bertz CT molecular complexity index is 691. The topological polar surface area (TPSA) is 90.4 Å².